The Balaban J connectivity index is 1.55. The van der Waals surface area contributed by atoms with Gasteiger partial charge in [-0.1, -0.05) is 54.9 Å². The molecule has 0 saturated heterocycles. The third-order valence-electron chi connectivity index (χ3n) is 6.70. The molecule has 0 radical (unpaired) electrons. The summed E-state index contributed by atoms with van der Waals surface area (Å²) in [5.74, 6) is 0.461. The van der Waals surface area contributed by atoms with Gasteiger partial charge < -0.3 is 20.8 Å². The second kappa shape index (κ2) is 10.9. The summed E-state index contributed by atoms with van der Waals surface area (Å²) in [5, 5.41) is 6.74. The van der Waals surface area contributed by atoms with Gasteiger partial charge >= 0.3 is 6.03 Å². The molecule has 0 aliphatic carbocycles. The molecule has 0 fully saturated rings. The zero-order valence-corrected chi connectivity index (χ0v) is 25.1. The average Bonchev–Trinajstić information content (AvgIpc) is 3.18. The van der Waals surface area contributed by atoms with Crippen LogP contribution >= 0.6 is 27.3 Å². The van der Waals surface area contributed by atoms with Crippen LogP contribution in [0.25, 0.3) is 21.3 Å². The predicted molar refractivity (Wildman–Crippen MR) is 161 cm³/mol. The van der Waals surface area contributed by atoms with Gasteiger partial charge in [0.1, 0.15) is 17.0 Å². The van der Waals surface area contributed by atoms with E-state index in [1.165, 1.54) is 6.33 Å². The number of thiophene rings is 1. The number of nitrogen functional groups attached to an aromatic ring is 1. The van der Waals surface area contributed by atoms with Crippen LogP contribution in [-0.2, 0) is 10.8 Å². The average molecular weight is 599 g/mol. The fourth-order valence-corrected chi connectivity index (χ4v) is 6.27. The van der Waals surface area contributed by atoms with Gasteiger partial charge in [-0.2, -0.15) is 0 Å². The Labute approximate surface area is 231 Å². The van der Waals surface area contributed by atoms with Crippen LogP contribution in [-0.4, -0.2) is 30.9 Å². The highest BCUT2D eigenvalue weighted by Crippen LogP contribution is 2.41. The molecule has 2 amide bonds. The smallest absolute Gasteiger partial charge is 0.323 e. The summed E-state index contributed by atoms with van der Waals surface area (Å²) < 4.78 is 7.35. The van der Waals surface area contributed by atoms with E-state index in [-0.39, 0.29) is 11.1 Å². The number of nitrogens with zero attached hydrogens (tertiary/aromatic N) is 2. The number of hydrogen-bond acceptors (Lipinski definition) is 6. The molecule has 0 aliphatic heterocycles. The van der Waals surface area contributed by atoms with Gasteiger partial charge in [-0.05, 0) is 54.0 Å². The molecule has 2 aromatic heterocycles. The van der Waals surface area contributed by atoms with Gasteiger partial charge in [0.25, 0.3) is 0 Å². The molecule has 0 saturated carbocycles. The van der Waals surface area contributed by atoms with Crippen molar-refractivity contribution in [3.05, 3.63) is 64.2 Å². The van der Waals surface area contributed by atoms with Crippen molar-refractivity contribution in [2.45, 2.75) is 45.3 Å². The largest absolute Gasteiger partial charge is 0.416 e. The van der Waals surface area contributed by atoms with E-state index >= 15 is 0 Å². The normalized spacial score (nSPS) is 12.1. The zero-order chi connectivity index (χ0) is 26.8. The van der Waals surface area contributed by atoms with Crippen LogP contribution < -0.4 is 16.4 Å². The van der Waals surface area contributed by atoms with Crippen molar-refractivity contribution in [2.24, 2.45) is 0 Å². The fourth-order valence-electron chi connectivity index (χ4n) is 3.68. The lowest BCUT2D eigenvalue weighted by Crippen LogP contribution is -2.41. The molecule has 7 nitrogen and oxygen atoms in total. The summed E-state index contributed by atoms with van der Waals surface area (Å²) in [6.45, 7) is 11.9. The van der Waals surface area contributed by atoms with Crippen LogP contribution in [0.3, 0.4) is 0 Å². The minimum atomic E-state index is -1.86. The maximum Gasteiger partial charge on any atom is 0.323 e. The Morgan fingerprint density at radius 3 is 2.46 bits per heavy atom. The molecule has 0 unspecified atom stereocenters. The first-order chi connectivity index (χ1) is 17.4. The fraction of sp³-hybridized carbons (Fsp3) is 0.296. The lowest BCUT2D eigenvalue weighted by atomic mass is 10.0. The van der Waals surface area contributed by atoms with Gasteiger partial charge in [0.05, 0.1) is 5.39 Å². The summed E-state index contributed by atoms with van der Waals surface area (Å²) in [7, 11) is -1.86. The van der Waals surface area contributed by atoms with Gasteiger partial charge in [0.2, 0.25) is 0 Å². The maximum atomic E-state index is 12.5. The first-order valence-electron chi connectivity index (χ1n) is 12.0. The predicted octanol–water partition coefficient (Wildman–Crippen LogP) is 7.91. The second-order valence-corrected chi connectivity index (χ2v) is 17.2. The summed E-state index contributed by atoms with van der Waals surface area (Å²) >= 11 is 5.04. The Bertz CT molecular complexity index is 1420. The van der Waals surface area contributed by atoms with Crippen molar-refractivity contribution < 1.29 is 9.22 Å². The van der Waals surface area contributed by atoms with E-state index in [1.807, 2.05) is 48.5 Å². The van der Waals surface area contributed by atoms with E-state index < -0.39 is 8.32 Å². The number of rotatable bonds is 7. The standard InChI is InChI=1S/C27H32BrN5O2SSi/c1-27(2,3)37(4,5)35-14-13-21-22(23-24(29)30-16-31-25(23)36-21)17-9-11-19(12-10-17)32-26(34)33-20-8-6-7-18(28)15-20/h6-12,15-16H,13-14H2,1-5H3,(H2,29,30,31)(H2,32,33,34). The third-order valence-corrected chi connectivity index (χ3v) is 12.9. The number of fused-ring (bicyclic) bond motifs is 1. The van der Waals surface area contributed by atoms with Crippen molar-refractivity contribution in [3.63, 3.8) is 0 Å². The highest BCUT2D eigenvalue weighted by atomic mass is 79.9. The number of carbonyl (C=O) groups is 1. The van der Waals surface area contributed by atoms with Gasteiger partial charge in [-0.15, -0.1) is 11.3 Å². The quantitative estimate of drug-likeness (QED) is 0.188. The minimum Gasteiger partial charge on any atom is -0.416 e. The molecule has 2 heterocycles. The van der Waals surface area contributed by atoms with Crippen LogP contribution in [0.4, 0.5) is 22.0 Å². The Kier molecular flexibility index (Phi) is 8.03. The molecule has 4 rings (SSSR count). The number of hydrogen-bond donors (Lipinski definition) is 3. The third kappa shape index (κ3) is 6.38. The summed E-state index contributed by atoms with van der Waals surface area (Å²) in [6.07, 6.45) is 2.27. The monoisotopic (exact) mass is 597 g/mol. The number of aromatic nitrogens is 2. The number of benzene rings is 2. The summed E-state index contributed by atoms with van der Waals surface area (Å²) in [6, 6.07) is 14.9. The summed E-state index contributed by atoms with van der Waals surface area (Å²) in [5.41, 5.74) is 9.71. The number of anilines is 3. The topological polar surface area (TPSA) is 102 Å². The van der Waals surface area contributed by atoms with Gasteiger partial charge in [-0.3, -0.25) is 0 Å². The highest BCUT2D eigenvalue weighted by molar-refractivity contribution is 9.10. The molecule has 4 N–H and O–H groups in total. The van der Waals surface area contributed by atoms with Crippen LogP contribution in [0.2, 0.25) is 18.1 Å². The lowest BCUT2D eigenvalue weighted by Gasteiger charge is -2.36. The molecule has 0 spiro atoms. The zero-order valence-electron chi connectivity index (χ0n) is 21.7. The van der Waals surface area contributed by atoms with Crippen molar-refractivity contribution in [3.8, 4) is 11.1 Å². The Hall–Kier alpha value is -2.79. The Morgan fingerprint density at radius 2 is 1.78 bits per heavy atom. The van der Waals surface area contributed by atoms with Crippen LogP contribution in [0.5, 0.6) is 0 Å². The molecule has 0 atom stereocenters. The minimum absolute atomic E-state index is 0.151. The molecule has 0 bridgehead atoms. The Morgan fingerprint density at radius 1 is 1.08 bits per heavy atom. The molecule has 194 valence electrons. The van der Waals surface area contributed by atoms with E-state index in [9.17, 15) is 4.79 Å². The van der Waals surface area contributed by atoms with Crippen molar-refractivity contribution in [1.29, 1.82) is 0 Å². The van der Waals surface area contributed by atoms with E-state index in [2.05, 4.69) is 70.4 Å². The van der Waals surface area contributed by atoms with Crippen molar-refractivity contribution >= 4 is 69.0 Å². The van der Waals surface area contributed by atoms with E-state index in [4.69, 9.17) is 10.2 Å². The molecule has 0 aliphatic rings. The first-order valence-corrected chi connectivity index (χ1v) is 16.6. The van der Waals surface area contributed by atoms with Crippen molar-refractivity contribution in [2.75, 3.05) is 23.0 Å². The van der Waals surface area contributed by atoms with Crippen LogP contribution in [0, 0.1) is 0 Å². The molecular weight excluding hydrogens is 566 g/mol. The molecule has 37 heavy (non-hydrogen) atoms. The molecule has 2 aromatic carbocycles. The van der Waals surface area contributed by atoms with E-state index in [0.29, 0.717) is 23.8 Å². The SMILES string of the molecule is CC(C)(C)[Si](C)(C)OCCc1sc2ncnc(N)c2c1-c1ccc(NC(=O)Nc2cccc(Br)c2)cc1. The van der Waals surface area contributed by atoms with Crippen molar-refractivity contribution in [1.82, 2.24) is 9.97 Å². The molecule has 4 aromatic rings. The number of urea groups is 1. The highest BCUT2D eigenvalue weighted by Gasteiger charge is 2.37. The lowest BCUT2D eigenvalue weighted by molar-refractivity contribution is 0.262. The number of halogens is 1. The number of carbonyl (C=O) groups excluding carboxylic acids is 1. The molecular formula is C27H32BrN5O2SSi. The van der Waals surface area contributed by atoms with E-state index in [0.717, 1.165) is 37.1 Å². The number of amides is 2. The second-order valence-electron chi connectivity index (χ2n) is 10.4. The summed E-state index contributed by atoms with van der Waals surface area (Å²) in [4.78, 5) is 23.2. The van der Waals surface area contributed by atoms with Crippen LogP contribution in [0.1, 0.15) is 25.6 Å². The number of nitrogens with one attached hydrogen (secondary N) is 2. The van der Waals surface area contributed by atoms with Gasteiger partial charge in [0.15, 0.2) is 8.32 Å². The number of nitrogens with two attached hydrogens (primary N) is 1. The first kappa shape index (κ1) is 27.2. The maximum absolute atomic E-state index is 12.5. The van der Waals surface area contributed by atoms with Crippen LogP contribution in [0.15, 0.2) is 59.3 Å². The molecule has 10 heteroatoms. The van der Waals surface area contributed by atoms with Gasteiger partial charge in [0, 0.05) is 39.3 Å². The van der Waals surface area contributed by atoms with Gasteiger partial charge in [-0.25, -0.2) is 14.8 Å². The van der Waals surface area contributed by atoms with E-state index in [1.54, 1.807) is 11.3 Å².